The molecule has 5 nitrogen and oxygen atoms in total. The van der Waals surface area contributed by atoms with E-state index in [9.17, 15) is 9.90 Å². The molecular weight excluding hydrogens is 306 g/mol. The van der Waals surface area contributed by atoms with Gasteiger partial charge in [0.25, 0.3) is 0 Å². The molecule has 0 aromatic heterocycles. The van der Waals surface area contributed by atoms with Crippen molar-refractivity contribution < 1.29 is 19.4 Å². The molecule has 1 saturated heterocycles. The standard InChI is InChI=1S/C19H27NO4/c1-23-12-15-5-2-4-14(10-15)11-19(22)20-8-9-24-13-17(20)16-6-3-7-18(16)21/h2,4-5,10,16-18,21H,3,6-9,11-13H2,1H3. The van der Waals surface area contributed by atoms with Gasteiger partial charge in [0.15, 0.2) is 0 Å². The Bertz CT molecular complexity index is 562. The zero-order chi connectivity index (χ0) is 16.9. The topological polar surface area (TPSA) is 59.0 Å². The minimum atomic E-state index is -0.308. The lowest BCUT2D eigenvalue weighted by atomic mass is 9.93. The van der Waals surface area contributed by atoms with Gasteiger partial charge in [0, 0.05) is 19.6 Å². The molecule has 3 atom stereocenters. The van der Waals surface area contributed by atoms with Crippen LogP contribution in [0.2, 0.25) is 0 Å². The monoisotopic (exact) mass is 333 g/mol. The molecule has 1 aliphatic carbocycles. The second-order valence-electron chi connectivity index (χ2n) is 6.82. The second-order valence-corrected chi connectivity index (χ2v) is 6.82. The van der Waals surface area contributed by atoms with E-state index in [1.807, 2.05) is 29.2 Å². The molecule has 5 heteroatoms. The van der Waals surface area contributed by atoms with Crippen molar-refractivity contribution in [2.45, 2.75) is 44.4 Å². The molecule has 0 radical (unpaired) electrons. The first-order valence-corrected chi connectivity index (χ1v) is 8.81. The first-order valence-electron chi connectivity index (χ1n) is 8.81. The van der Waals surface area contributed by atoms with Gasteiger partial charge in [-0.25, -0.2) is 0 Å². The predicted molar refractivity (Wildman–Crippen MR) is 90.5 cm³/mol. The molecule has 0 spiro atoms. The van der Waals surface area contributed by atoms with Gasteiger partial charge in [-0.2, -0.15) is 0 Å². The SMILES string of the molecule is COCc1cccc(CC(=O)N2CCOCC2C2CCCC2O)c1. The number of methoxy groups -OCH3 is 1. The lowest BCUT2D eigenvalue weighted by molar-refractivity contribution is -0.143. The van der Waals surface area contributed by atoms with Crippen LogP contribution in [-0.4, -0.2) is 54.9 Å². The fourth-order valence-electron chi connectivity index (χ4n) is 3.98. The lowest BCUT2D eigenvalue weighted by Gasteiger charge is -2.40. The Balaban J connectivity index is 1.69. The summed E-state index contributed by atoms with van der Waals surface area (Å²) in [5, 5.41) is 10.2. The molecule has 2 aliphatic rings. The second kappa shape index (κ2) is 8.10. The van der Waals surface area contributed by atoms with E-state index in [0.29, 0.717) is 32.8 Å². The summed E-state index contributed by atoms with van der Waals surface area (Å²) < 4.78 is 10.8. The molecule has 24 heavy (non-hydrogen) atoms. The van der Waals surface area contributed by atoms with Crippen LogP contribution in [0.3, 0.4) is 0 Å². The molecule has 1 aromatic rings. The summed E-state index contributed by atoms with van der Waals surface area (Å²) in [5.74, 6) is 0.269. The third kappa shape index (κ3) is 3.97. The summed E-state index contributed by atoms with van der Waals surface area (Å²) in [5.41, 5.74) is 2.08. The summed E-state index contributed by atoms with van der Waals surface area (Å²) in [6.07, 6.45) is 2.92. The van der Waals surface area contributed by atoms with Crippen molar-refractivity contribution >= 4 is 5.91 Å². The average Bonchev–Trinajstić information content (AvgIpc) is 3.01. The van der Waals surface area contributed by atoms with E-state index in [2.05, 4.69) is 0 Å². The Morgan fingerprint density at radius 1 is 1.38 bits per heavy atom. The van der Waals surface area contributed by atoms with Crippen LogP contribution in [0, 0.1) is 5.92 Å². The fraction of sp³-hybridized carbons (Fsp3) is 0.632. The summed E-state index contributed by atoms with van der Waals surface area (Å²) in [4.78, 5) is 14.8. The van der Waals surface area contributed by atoms with E-state index in [-0.39, 0.29) is 24.0 Å². The number of ether oxygens (including phenoxy) is 2. The molecule has 1 aromatic carbocycles. The van der Waals surface area contributed by atoms with Crippen LogP contribution in [0.1, 0.15) is 30.4 Å². The molecule has 0 bridgehead atoms. The maximum atomic E-state index is 12.9. The highest BCUT2D eigenvalue weighted by Crippen LogP contribution is 2.32. The van der Waals surface area contributed by atoms with E-state index in [0.717, 1.165) is 30.4 Å². The summed E-state index contributed by atoms with van der Waals surface area (Å²) in [6.45, 7) is 2.28. The Labute approximate surface area is 143 Å². The van der Waals surface area contributed by atoms with E-state index in [4.69, 9.17) is 9.47 Å². The van der Waals surface area contributed by atoms with Crippen molar-refractivity contribution in [3.63, 3.8) is 0 Å². The zero-order valence-corrected chi connectivity index (χ0v) is 14.3. The lowest BCUT2D eigenvalue weighted by Crippen LogP contribution is -2.54. The van der Waals surface area contributed by atoms with E-state index >= 15 is 0 Å². The van der Waals surface area contributed by atoms with Gasteiger partial charge in [-0.15, -0.1) is 0 Å². The average molecular weight is 333 g/mol. The van der Waals surface area contributed by atoms with Crippen molar-refractivity contribution in [3.8, 4) is 0 Å². The molecule has 2 fully saturated rings. The number of carbonyl (C=O) groups is 1. The molecule has 1 N–H and O–H groups in total. The Morgan fingerprint density at radius 2 is 2.21 bits per heavy atom. The number of aliphatic hydroxyl groups is 1. The van der Waals surface area contributed by atoms with Gasteiger partial charge in [-0.1, -0.05) is 30.7 Å². The van der Waals surface area contributed by atoms with E-state index in [1.54, 1.807) is 7.11 Å². The predicted octanol–water partition coefficient (Wildman–Crippen LogP) is 1.76. The number of hydrogen-bond donors (Lipinski definition) is 1. The van der Waals surface area contributed by atoms with Crippen LogP contribution in [0.5, 0.6) is 0 Å². The highest BCUT2D eigenvalue weighted by atomic mass is 16.5. The number of hydrogen-bond acceptors (Lipinski definition) is 4. The van der Waals surface area contributed by atoms with Crippen LogP contribution in [0.15, 0.2) is 24.3 Å². The summed E-state index contributed by atoms with van der Waals surface area (Å²) in [6, 6.07) is 7.99. The van der Waals surface area contributed by atoms with Gasteiger partial charge in [0.1, 0.15) is 0 Å². The minimum absolute atomic E-state index is 0.00547. The highest BCUT2D eigenvalue weighted by molar-refractivity contribution is 5.79. The normalized spacial score (nSPS) is 27.4. The zero-order valence-electron chi connectivity index (χ0n) is 14.3. The van der Waals surface area contributed by atoms with Crippen molar-refractivity contribution in [1.82, 2.24) is 4.90 Å². The number of benzene rings is 1. The van der Waals surface area contributed by atoms with E-state index in [1.165, 1.54) is 0 Å². The van der Waals surface area contributed by atoms with Crippen LogP contribution >= 0.6 is 0 Å². The molecule has 1 amide bonds. The van der Waals surface area contributed by atoms with Crippen molar-refractivity contribution in [1.29, 1.82) is 0 Å². The van der Waals surface area contributed by atoms with Crippen LogP contribution < -0.4 is 0 Å². The quantitative estimate of drug-likeness (QED) is 0.892. The highest BCUT2D eigenvalue weighted by Gasteiger charge is 2.39. The first-order chi connectivity index (χ1) is 11.7. The maximum Gasteiger partial charge on any atom is 0.227 e. The van der Waals surface area contributed by atoms with Gasteiger partial charge < -0.3 is 19.5 Å². The minimum Gasteiger partial charge on any atom is -0.393 e. The van der Waals surface area contributed by atoms with Gasteiger partial charge in [0.2, 0.25) is 5.91 Å². The summed E-state index contributed by atoms with van der Waals surface area (Å²) >= 11 is 0. The largest absolute Gasteiger partial charge is 0.393 e. The number of rotatable bonds is 5. The van der Waals surface area contributed by atoms with Crippen molar-refractivity contribution in [2.24, 2.45) is 5.92 Å². The molecule has 1 heterocycles. The Kier molecular flexibility index (Phi) is 5.87. The Morgan fingerprint density at radius 3 is 2.96 bits per heavy atom. The number of nitrogens with zero attached hydrogens (tertiary/aromatic N) is 1. The molecule has 132 valence electrons. The molecule has 1 saturated carbocycles. The van der Waals surface area contributed by atoms with Gasteiger partial charge in [0.05, 0.1) is 38.4 Å². The van der Waals surface area contributed by atoms with Crippen molar-refractivity contribution in [2.75, 3.05) is 26.9 Å². The smallest absolute Gasteiger partial charge is 0.227 e. The van der Waals surface area contributed by atoms with Crippen LogP contribution in [0.4, 0.5) is 0 Å². The third-order valence-corrected chi connectivity index (χ3v) is 5.17. The Hall–Kier alpha value is -1.43. The van der Waals surface area contributed by atoms with Crippen LogP contribution in [-0.2, 0) is 27.3 Å². The maximum absolute atomic E-state index is 12.9. The molecular formula is C19H27NO4. The molecule has 3 unspecified atom stereocenters. The number of aliphatic hydroxyl groups excluding tert-OH is 1. The fourth-order valence-corrected chi connectivity index (χ4v) is 3.98. The van der Waals surface area contributed by atoms with Crippen LogP contribution in [0.25, 0.3) is 0 Å². The molecule has 1 aliphatic heterocycles. The number of amides is 1. The first kappa shape index (κ1) is 17.4. The van der Waals surface area contributed by atoms with Crippen molar-refractivity contribution in [3.05, 3.63) is 35.4 Å². The van der Waals surface area contributed by atoms with Gasteiger partial charge in [-0.3, -0.25) is 4.79 Å². The van der Waals surface area contributed by atoms with E-state index < -0.39 is 0 Å². The summed E-state index contributed by atoms with van der Waals surface area (Å²) in [7, 11) is 1.67. The molecule has 3 rings (SSSR count). The third-order valence-electron chi connectivity index (χ3n) is 5.17. The number of morpholine rings is 1. The number of carbonyl (C=O) groups excluding carboxylic acids is 1. The van der Waals surface area contributed by atoms with Gasteiger partial charge in [-0.05, 0) is 24.0 Å². The van der Waals surface area contributed by atoms with Gasteiger partial charge >= 0.3 is 0 Å².